The van der Waals surface area contributed by atoms with Crippen LogP contribution in [0.5, 0.6) is 0 Å². The third-order valence-corrected chi connectivity index (χ3v) is 4.33. The molecule has 0 saturated carbocycles. The molecule has 27 heavy (non-hydrogen) atoms. The maximum atomic E-state index is 11.2. The summed E-state index contributed by atoms with van der Waals surface area (Å²) in [4.78, 5) is 34.7. The fourth-order valence-electron chi connectivity index (χ4n) is 2.87. The first-order valence-electron chi connectivity index (χ1n) is 8.17. The van der Waals surface area contributed by atoms with Crippen LogP contribution < -0.4 is 11.5 Å². The molecule has 7 nitrogen and oxygen atoms in total. The van der Waals surface area contributed by atoms with E-state index in [1.807, 2.05) is 18.3 Å². The summed E-state index contributed by atoms with van der Waals surface area (Å²) < 4.78 is 0. The Morgan fingerprint density at radius 3 is 1.93 bits per heavy atom. The zero-order chi connectivity index (χ0) is 19.0. The molecule has 2 heterocycles. The number of aromatic nitrogens is 3. The van der Waals surface area contributed by atoms with Crippen LogP contribution in [0.2, 0.25) is 0 Å². The highest BCUT2D eigenvalue weighted by Crippen LogP contribution is 2.28. The van der Waals surface area contributed by atoms with Crippen LogP contribution in [0.3, 0.4) is 0 Å². The van der Waals surface area contributed by atoms with Gasteiger partial charge in [0.1, 0.15) is 5.52 Å². The van der Waals surface area contributed by atoms with E-state index < -0.39 is 11.8 Å². The van der Waals surface area contributed by atoms with Crippen LogP contribution in [-0.4, -0.2) is 26.8 Å². The molecule has 0 atom stereocenters. The SMILES string of the molecule is NC(=O)c1ccc(-c2cnc3[nH]cc(-c4ccc(C(N)=O)cc4)c3n2)cc1. The Labute approximate surface area is 154 Å². The molecule has 0 aliphatic heterocycles. The van der Waals surface area contributed by atoms with Crippen molar-refractivity contribution in [2.24, 2.45) is 11.5 Å². The lowest BCUT2D eigenvalue weighted by Crippen LogP contribution is -2.10. The second-order valence-electron chi connectivity index (χ2n) is 6.04. The van der Waals surface area contributed by atoms with Crippen molar-refractivity contribution < 1.29 is 9.59 Å². The molecule has 2 amide bonds. The lowest BCUT2D eigenvalue weighted by atomic mass is 10.1. The van der Waals surface area contributed by atoms with Gasteiger partial charge in [-0.25, -0.2) is 9.97 Å². The van der Waals surface area contributed by atoms with Crippen LogP contribution in [0.1, 0.15) is 20.7 Å². The minimum Gasteiger partial charge on any atom is -0.366 e. The molecule has 0 bridgehead atoms. The maximum Gasteiger partial charge on any atom is 0.248 e. The Morgan fingerprint density at radius 2 is 1.37 bits per heavy atom. The Bertz CT molecular complexity index is 1160. The molecule has 2 aromatic heterocycles. The number of H-pyrrole nitrogens is 1. The summed E-state index contributed by atoms with van der Waals surface area (Å²) in [5.74, 6) is -0.947. The second kappa shape index (κ2) is 6.38. The topological polar surface area (TPSA) is 128 Å². The summed E-state index contributed by atoms with van der Waals surface area (Å²) >= 11 is 0. The zero-order valence-corrected chi connectivity index (χ0v) is 14.1. The lowest BCUT2D eigenvalue weighted by molar-refractivity contribution is 0.0992. The van der Waals surface area contributed by atoms with Gasteiger partial charge in [0.05, 0.1) is 11.9 Å². The van der Waals surface area contributed by atoms with Gasteiger partial charge in [-0.1, -0.05) is 24.3 Å². The van der Waals surface area contributed by atoms with Crippen molar-refractivity contribution in [1.82, 2.24) is 15.0 Å². The summed E-state index contributed by atoms with van der Waals surface area (Å²) in [6.07, 6.45) is 3.49. The normalized spacial score (nSPS) is 10.8. The predicted molar refractivity (Wildman–Crippen MR) is 102 cm³/mol. The average Bonchev–Trinajstić information content (AvgIpc) is 3.11. The number of carbonyl (C=O) groups is 2. The molecule has 0 saturated heterocycles. The number of rotatable bonds is 4. The van der Waals surface area contributed by atoms with Crippen molar-refractivity contribution in [3.63, 3.8) is 0 Å². The highest BCUT2D eigenvalue weighted by Gasteiger charge is 2.12. The summed E-state index contributed by atoms with van der Waals surface area (Å²) in [5, 5.41) is 0. The number of benzene rings is 2. The first kappa shape index (κ1) is 16.5. The van der Waals surface area contributed by atoms with Gasteiger partial charge >= 0.3 is 0 Å². The molecule has 5 N–H and O–H groups in total. The number of amides is 2. The number of fused-ring (bicyclic) bond motifs is 1. The number of hydrogen-bond donors (Lipinski definition) is 3. The molecule has 0 aliphatic carbocycles. The van der Waals surface area contributed by atoms with Gasteiger partial charge in [0, 0.05) is 28.5 Å². The van der Waals surface area contributed by atoms with Crippen molar-refractivity contribution in [2.75, 3.05) is 0 Å². The highest BCUT2D eigenvalue weighted by atomic mass is 16.1. The van der Waals surface area contributed by atoms with E-state index >= 15 is 0 Å². The van der Waals surface area contributed by atoms with Gasteiger partial charge in [0.25, 0.3) is 0 Å². The van der Waals surface area contributed by atoms with Crippen molar-refractivity contribution in [3.05, 3.63) is 72.1 Å². The fraction of sp³-hybridized carbons (Fsp3) is 0. The molecule has 4 rings (SSSR count). The van der Waals surface area contributed by atoms with Crippen LogP contribution in [-0.2, 0) is 0 Å². The van der Waals surface area contributed by atoms with Crippen LogP contribution in [0.15, 0.2) is 60.9 Å². The van der Waals surface area contributed by atoms with E-state index in [1.54, 1.807) is 42.6 Å². The summed E-state index contributed by atoms with van der Waals surface area (Å²) in [5.41, 5.74) is 16.1. The Morgan fingerprint density at radius 1 is 0.815 bits per heavy atom. The summed E-state index contributed by atoms with van der Waals surface area (Å²) in [7, 11) is 0. The van der Waals surface area contributed by atoms with E-state index in [0.717, 1.165) is 16.7 Å². The molecule has 0 spiro atoms. The number of nitrogens with one attached hydrogen (secondary N) is 1. The van der Waals surface area contributed by atoms with E-state index in [1.165, 1.54) is 0 Å². The molecular formula is C20H15N5O2. The number of hydrogen-bond acceptors (Lipinski definition) is 4. The average molecular weight is 357 g/mol. The van der Waals surface area contributed by atoms with Gasteiger partial charge in [-0.15, -0.1) is 0 Å². The van der Waals surface area contributed by atoms with Gasteiger partial charge in [-0.2, -0.15) is 0 Å². The smallest absolute Gasteiger partial charge is 0.248 e. The van der Waals surface area contributed by atoms with Crippen molar-refractivity contribution in [3.8, 4) is 22.4 Å². The van der Waals surface area contributed by atoms with Gasteiger partial charge in [0.15, 0.2) is 5.65 Å². The largest absolute Gasteiger partial charge is 0.366 e. The van der Waals surface area contributed by atoms with Crippen molar-refractivity contribution in [1.29, 1.82) is 0 Å². The quantitative estimate of drug-likeness (QED) is 0.518. The molecule has 0 radical (unpaired) electrons. The first-order valence-corrected chi connectivity index (χ1v) is 8.17. The molecular weight excluding hydrogens is 342 g/mol. The van der Waals surface area contributed by atoms with E-state index in [0.29, 0.717) is 28.0 Å². The Hall–Kier alpha value is -4.00. The van der Waals surface area contributed by atoms with Crippen LogP contribution >= 0.6 is 0 Å². The third-order valence-electron chi connectivity index (χ3n) is 4.33. The number of nitrogens with two attached hydrogens (primary N) is 2. The minimum absolute atomic E-state index is 0.435. The van der Waals surface area contributed by atoms with Crippen molar-refractivity contribution >= 4 is 23.0 Å². The summed E-state index contributed by atoms with van der Waals surface area (Å²) in [6.45, 7) is 0. The molecule has 0 fully saturated rings. The monoisotopic (exact) mass is 357 g/mol. The Kier molecular flexibility index (Phi) is 3.89. The number of nitrogens with zero attached hydrogens (tertiary/aromatic N) is 2. The third kappa shape index (κ3) is 3.02. The van der Waals surface area contributed by atoms with Gasteiger partial charge < -0.3 is 16.5 Å². The predicted octanol–water partition coefficient (Wildman–Crippen LogP) is 2.49. The van der Waals surface area contributed by atoms with Crippen LogP contribution in [0, 0.1) is 0 Å². The summed E-state index contributed by atoms with van der Waals surface area (Å²) in [6, 6.07) is 13.9. The molecule has 132 valence electrons. The number of carbonyl (C=O) groups excluding carboxylic acids is 2. The molecule has 2 aromatic carbocycles. The van der Waals surface area contributed by atoms with Crippen LogP contribution in [0.25, 0.3) is 33.5 Å². The van der Waals surface area contributed by atoms with Gasteiger partial charge in [-0.3, -0.25) is 9.59 Å². The molecule has 0 unspecified atom stereocenters. The minimum atomic E-state index is -0.476. The molecule has 4 aromatic rings. The van der Waals surface area contributed by atoms with E-state index in [-0.39, 0.29) is 0 Å². The standard InChI is InChI=1S/C20H15N5O2/c21-18(26)13-5-1-11(2-6-13)15-9-23-20-17(15)25-16(10-24-20)12-3-7-14(8-4-12)19(22)27/h1-10H,(H2,21,26)(H2,22,27)(H,23,24). The van der Waals surface area contributed by atoms with Gasteiger partial charge in [0.2, 0.25) is 11.8 Å². The fourth-order valence-corrected chi connectivity index (χ4v) is 2.87. The highest BCUT2D eigenvalue weighted by molar-refractivity contribution is 5.95. The van der Waals surface area contributed by atoms with E-state index in [9.17, 15) is 9.59 Å². The van der Waals surface area contributed by atoms with E-state index in [2.05, 4.69) is 9.97 Å². The first-order chi connectivity index (χ1) is 13.0. The van der Waals surface area contributed by atoms with Gasteiger partial charge in [-0.05, 0) is 29.8 Å². The molecule has 0 aliphatic rings. The van der Waals surface area contributed by atoms with E-state index in [4.69, 9.17) is 16.5 Å². The maximum absolute atomic E-state index is 11.2. The number of aromatic amines is 1. The Balaban J connectivity index is 1.77. The zero-order valence-electron chi connectivity index (χ0n) is 14.1. The second-order valence-corrected chi connectivity index (χ2v) is 6.04. The molecule has 7 heteroatoms. The van der Waals surface area contributed by atoms with Crippen LogP contribution in [0.4, 0.5) is 0 Å². The number of primary amides is 2. The lowest BCUT2D eigenvalue weighted by Gasteiger charge is -2.04. The van der Waals surface area contributed by atoms with Crippen molar-refractivity contribution in [2.45, 2.75) is 0 Å².